The monoisotopic (exact) mass is 614 g/mol. The number of benzene rings is 1. The first kappa shape index (κ1) is 31.9. The number of piperidine rings is 1. The van der Waals surface area contributed by atoms with Gasteiger partial charge in [0.25, 0.3) is 5.91 Å². The number of carbonyl (C=O) groups excluding carboxylic acids is 2. The highest BCUT2D eigenvalue weighted by atomic mass is 16.6. The molecule has 2 aliphatic heterocycles. The number of pyridine rings is 1. The van der Waals surface area contributed by atoms with Gasteiger partial charge in [-0.3, -0.25) is 14.7 Å². The smallest absolute Gasteiger partial charge is 0.405 e. The van der Waals surface area contributed by atoms with Crippen molar-refractivity contribution < 1.29 is 19.1 Å². The van der Waals surface area contributed by atoms with Gasteiger partial charge >= 0.3 is 6.09 Å². The number of fused-ring (bicyclic) bond motifs is 1. The van der Waals surface area contributed by atoms with E-state index in [-0.39, 0.29) is 5.91 Å². The van der Waals surface area contributed by atoms with Crippen molar-refractivity contribution >= 4 is 34.5 Å². The van der Waals surface area contributed by atoms with Crippen molar-refractivity contribution in [1.82, 2.24) is 24.8 Å². The van der Waals surface area contributed by atoms with Gasteiger partial charge in [-0.05, 0) is 88.2 Å². The highest BCUT2D eigenvalue weighted by Gasteiger charge is 2.18. The van der Waals surface area contributed by atoms with E-state index in [1.165, 1.54) is 19.3 Å². The number of anilines is 2. The van der Waals surface area contributed by atoms with Gasteiger partial charge in [0.1, 0.15) is 29.1 Å². The molecule has 4 N–H and O–H groups in total. The van der Waals surface area contributed by atoms with E-state index in [0.717, 1.165) is 72.1 Å². The molecule has 12 heteroatoms. The van der Waals surface area contributed by atoms with Crippen LogP contribution in [0.3, 0.4) is 0 Å². The SMILES string of the molecule is CC(C)(C)OC(N)=O.O=C(Nc1ccc(-c2cc3c(N4CCOCC4)ncnc3[nH]2)cc1)c1cc(CN2CCCCC2)ccn1. The molecule has 2 aliphatic rings. The molecule has 4 aromatic rings. The Hall–Kier alpha value is -4.55. The van der Waals surface area contributed by atoms with Gasteiger partial charge in [-0.25, -0.2) is 14.8 Å². The second-order valence-corrected chi connectivity index (χ2v) is 12.2. The number of rotatable bonds is 6. The van der Waals surface area contributed by atoms with Crippen LogP contribution < -0.4 is 16.0 Å². The maximum absolute atomic E-state index is 12.9. The fourth-order valence-electron chi connectivity index (χ4n) is 5.41. The third kappa shape index (κ3) is 8.99. The van der Waals surface area contributed by atoms with Crippen LogP contribution in [0.1, 0.15) is 56.1 Å². The predicted octanol–water partition coefficient (Wildman–Crippen LogP) is 4.97. The molecule has 0 unspecified atom stereocenters. The number of ether oxygens (including phenoxy) is 2. The lowest BCUT2D eigenvalue weighted by atomic mass is 10.1. The first-order valence-corrected chi connectivity index (χ1v) is 15.4. The number of hydrogen-bond acceptors (Lipinski definition) is 9. The van der Waals surface area contributed by atoms with Gasteiger partial charge in [-0.15, -0.1) is 0 Å². The van der Waals surface area contributed by atoms with Crippen LogP contribution in [0.4, 0.5) is 16.3 Å². The molecule has 6 rings (SSSR count). The van der Waals surface area contributed by atoms with Crippen LogP contribution in [0.2, 0.25) is 0 Å². The number of nitrogens with two attached hydrogens (primary N) is 1. The average molecular weight is 615 g/mol. The molecule has 0 atom stereocenters. The normalized spacial score (nSPS) is 15.7. The first-order valence-electron chi connectivity index (χ1n) is 15.4. The number of aromatic nitrogens is 4. The molecular formula is C33H42N8O4. The Balaban J connectivity index is 0.000000444. The zero-order valence-corrected chi connectivity index (χ0v) is 26.2. The lowest BCUT2D eigenvalue weighted by molar-refractivity contribution is 0.0599. The Morgan fingerprint density at radius 1 is 0.978 bits per heavy atom. The van der Waals surface area contributed by atoms with Crippen LogP contribution in [0, 0.1) is 0 Å². The van der Waals surface area contributed by atoms with E-state index in [1.807, 2.05) is 36.4 Å². The molecule has 2 fully saturated rings. The number of likely N-dealkylation sites (tertiary alicyclic amines) is 1. The molecule has 238 valence electrons. The third-order valence-electron chi connectivity index (χ3n) is 7.49. The zero-order valence-electron chi connectivity index (χ0n) is 26.2. The number of amides is 2. The highest BCUT2D eigenvalue weighted by molar-refractivity contribution is 6.03. The summed E-state index contributed by atoms with van der Waals surface area (Å²) < 4.78 is 10.1. The molecule has 0 radical (unpaired) electrons. The van der Waals surface area contributed by atoms with Crippen LogP contribution in [0.25, 0.3) is 22.3 Å². The summed E-state index contributed by atoms with van der Waals surface area (Å²) >= 11 is 0. The largest absolute Gasteiger partial charge is 0.444 e. The molecule has 0 bridgehead atoms. The number of H-pyrrole nitrogens is 1. The molecule has 5 heterocycles. The fourth-order valence-corrected chi connectivity index (χ4v) is 5.41. The predicted molar refractivity (Wildman–Crippen MR) is 174 cm³/mol. The van der Waals surface area contributed by atoms with Gasteiger partial charge in [-0.2, -0.15) is 0 Å². The lowest BCUT2D eigenvalue weighted by Crippen LogP contribution is -2.36. The van der Waals surface area contributed by atoms with Gasteiger partial charge in [0.15, 0.2) is 0 Å². The number of primary amides is 1. The Bertz CT molecular complexity index is 1590. The Morgan fingerprint density at radius 2 is 1.71 bits per heavy atom. The van der Waals surface area contributed by atoms with Crippen molar-refractivity contribution in [3.63, 3.8) is 0 Å². The molecule has 45 heavy (non-hydrogen) atoms. The molecule has 1 aromatic carbocycles. The Morgan fingerprint density at radius 3 is 2.38 bits per heavy atom. The van der Waals surface area contributed by atoms with Crippen LogP contribution in [0.15, 0.2) is 55.0 Å². The zero-order chi connectivity index (χ0) is 31.8. The van der Waals surface area contributed by atoms with Crippen molar-refractivity contribution in [3.05, 3.63) is 66.2 Å². The quantitative estimate of drug-likeness (QED) is 0.273. The summed E-state index contributed by atoms with van der Waals surface area (Å²) in [5.41, 5.74) is 9.31. The number of nitrogens with zero attached hydrogens (tertiary/aromatic N) is 5. The van der Waals surface area contributed by atoms with Gasteiger partial charge in [-0.1, -0.05) is 18.6 Å². The van der Waals surface area contributed by atoms with Gasteiger partial charge in [0.2, 0.25) is 0 Å². The number of nitrogens with one attached hydrogen (secondary N) is 2. The van der Waals surface area contributed by atoms with E-state index in [9.17, 15) is 9.59 Å². The number of hydrogen-bond donors (Lipinski definition) is 3. The molecule has 3 aromatic heterocycles. The van der Waals surface area contributed by atoms with E-state index in [1.54, 1.807) is 33.3 Å². The lowest BCUT2D eigenvalue weighted by Gasteiger charge is -2.27. The summed E-state index contributed by atoms with van der Waals surface area (Å²) in [6.07, 6.45) is 6.40. The van der Waals surface area contributed by atoms with E-state index >= 15 is 0 Å². The summed E-state index contributed by atoms with van der Waals surface area (Å²) in [6, 6.07) is 13.8. The van der Waals surface area contributed by atoms with Gasteiger partial charge in [0, 0.05) is 37.2 Å². The van der Waals surface area contributed by atoms with Crippen molar-refractivity contribution in [2.24, 2.45) is 5.73 Å². The Kier molecular flexibility index (Phi) is 10.3. The van der Waals surface area contributed by atoms with Crippen LogP contribution in [0.5, 0.6) is 0 Å². The van der Waals surface area contributed by atoms with Crippen LogP contribution in [-0.4, -0.2) is 81.8 Å². The minimum atomic E-state index is -0.725. The molecule has 0 saturated carbocycles. The molecular weight excluding hydrogens is 572 g/mol. The van der Waals surface area contributed by atoms with Crippen LogP contribution in [-0.2, 0) is 16.0 Å². The van der Waals surface area contributed by atoms with E-state index < -0.39 is 11.7 Å². The van der Waals surface area contributed by atoms with Crippen LogP contribution >= 0.6 is 0 Å². The van der Waals surface area contributed by atoms with E-state index in [0.29, 0.717) is 18.9 Å². The summed E-state index contributed by atoms with van der Waals surface area (Å²) in [5.74, 6) is 0.721. The number of aromatic amines is 1. The average Bonchev–Trinajstić information content (AvgIpc) is 3.46. The van der Waals surface area contributed by atoms with Gasteiger partial charge in [0.05, 0.1) is 18.6 Å². The minimum Gasteiger partial charge on any atom is -0.444 e. The second kappa shape index (κ2) is 14.5. The van der Waals surface area contributed by atoms with E-state index in [4.69, 9.17) is 10.5 Å². The number of carbonyl (C=O) groups is 2. The van der Waals surface area contributed by atoms with Gasteiger partial charge < -0.3 is 30.4 Å². The fraction of sp³-hybridized carbons (Fsp3) is 0.424. The topological polar surface area (TPSA) is 152 Å². The summed E-state index contributed by atoms with van der Waals surface area (Å²) in [6.45, 7) is 11.4. The second-order valence-electron chi connectivity index (χ2n) is 12.2. The maximum atomic E-state index is 12.9. The van der Waals surface area contributed by atoms with E-state index in [2.05, 4.69) is 45.9 Å². The van der Waals surface area contributed by atoms with Crippen molar-refractivity contribution in [2.45, 2.75) is 52.2 Å². The summed E-state index contributed by atoms with van der Waals surface area (Å²) in [7, 11) is 0. The third-order valence-corrected chi connectivity index (χ3v) is 7.49. The van der Waals surface area contributed by atoms with Crippen molar-refractivity contribution in [1.29, 1.82) is 0 Å². The number of morpholine rings is 1. The summed E-state index contributed by atoms with van der Waals surface area (Å²) in [4.78, 5) is 44.3. The van der Waals surface area contributed by atoms with Crippen molar-refractivity contribution in [3.8, 4) is 11.3 Å². The molecule has 0 spiro atoms. The highest BCUT2D eigenvalue weighted by Crippen LogP contribution is 2.29. The minimum absolute atomic E-state index is 0.204. The molecule has 0 aliphatic carbocycles. The first-order chi connectivity index (χ1) is 21.6. The molecule has 2 amide bonds. The maximum Gasteiger partial charge on any atom is 0.405 e. The standard InChI is InChI=1S/C28H31N7O2.C5H11NO2/c36-28(25-16-20(8-9-29-25)18-34-10-2-1-3-11-34)32-22-6-4-21(5-7-22)24-17-23-26(33-24)30-19-31-27(23)35-12-14-37-15-13-35;1-5(2,3)8-4(6)7/h4-9,16-17,19H,1-3,10-15,18H2,(H,32,36)(H,30,31,33);1-3H3,(H2,6,7). The molecule has 2 saturated heterocycles. The Labute approximate surface area is 263 Å². The van der Waals surface area contributed by atoms with Crippen molar-refractivity contribution in [2.75, 3.05) is 49.6 Å². The molecule has 12 nitrogen and oxygen atoms in total. The summed E-state index contributed by atoms with van der Waals surface area (Å²) in [5, 5.41) is 3.97.